The minimum Gasteiger partial charge on any atom is -0.354 e. The highest BCUT2D eigenvalue weighted by Crippen LogP contribution is 2.29. The highest BCUT2D eigenvalue weighted by atomic mass is 32.2. The standard InChI is InChI=1S/C25H38N4O2S/c1-7-15-32(30,31)29-13-11-28(12-14-29)25-23(17-22-16-18(3)9-10-20(22)5)21(6)26-24(27-25)19(4)8-2/h9-10,16,19H,7-8,11-15,17H2,1-6H3. The van der Waals surface area contributed by atoms with Gasteiger partial charge in [-0.2, -0.15) is 4.31 Å². The number of hydrogen-bond acceptors (Lipinski definition) is 5. The van der Waals surface area contributed by atoms with E-state index in [4.69, 9.17) is 9.97 Å². The molecule has 1 unspecified atom stereocenters. The lowest BCUT2D eigenvalue weighted by atomic mass is 9.97. The normalized spacial score (nSPS) is 16.4. The van der Waals surface area contributed by atoms with E-state index in [1.54, 1.807) is 4.31 Å². The van der Waals surface area contributed by atoms with Crippen LogP contribution in [0.25, 0.3) is 0 Å². The lowest BCUT2D eigenvalue weighted by Gasteiger charge is -2.36. The van der Waals surface area contributed by atoms with Crippen molar-refractivity contribution in [2.45, 2.75) is 66.7 Å². The van der Waals surface area contributed by atoms with Crippen molar-refractivity contribution in [3.8, 4) is 0 Å². The van der Waals surface area contributed by atoms with Crippen molar-refractivity contribution in [2.75, 3.05) is 36.8 Å². The first-order valence-corrected chi connectivity index (χ1v) is 13.4. The third-order valence-electron chi connectivity index (χ3n) is 6.53. The van der Waals surface area contributed by atoms with E-state index >= 15 is 0 Å². The van der Waals surface area contributed by atoms with Crippen LogP contribution in [0.1, 0.15) is 73.3 Å². The molecule has 2 heterocycles. The fourth-order valence-electron chi connectivity index (χ4n) is 4.22. The molecule has 176 valence electrons. The topological polar surface area (TPSA) is 66.4 Å². The molecule has 0 bridgehead atoms. The van der Waals surface area contributed by atoms with Crippen LogP contribution in [0.15, 0.2) is 18.2 Å². The van der Waals surface area contributed by atoms with Crippen molar-refractivity contribution in [1.82, 2.24) is 14.3 Å². The van der Waals surface area contributed by atoms with E-state index in [2.05, 4.69) is 57.7 Å². The number of sulfonamides is 1. The fourth-order valence-corrected chi connectivity index (χ4v) is 5.71. The van der Waals surface area contributed by atoms with Crippen molar-refractivity contribution in [2.24, 2.45) is 0 Å². The van der Waals surface area contributed by atoms with Crippen LogP contribution in [0.2, 0.25) is 0 Å². The Labute approximate surface area is 194 Å². The van der Waals surface area contributed by atoms with Gasteiger partial charge in [0.1, 0.15) is 11.6 Å². The fraction of sp³-hybridized carbons (Fsp3) is 0.600. The smallest absolute Gasteiger partial charge is 0.214 e. The summed E-state index contributed by atoms with van der Waals surface area (Å²) in [5, 5.41) is 0. The van der Waals surface area contributed by atoms with Crippen LogP contribution in [0.4, 0.5) is 5.82 Å². The third-order valence-corrected chi connectivity index (χ3v) is 8.60. The quantitative estimate of drug-likeness (QED) is 0.588. The third kappa shape index (κ3) is 5.49. The van der Waals surface area contributed by atoms with Crippen LogP contribution in [-0.4, -0.2) is 54.6 Å². The molecule has 0 radical (unpaired) electrons. The van der Waals surface area contributed by atoms with Crippen LogP contribution in [0, 0.1) is 20.8 Å². The number of benzene rings is 1. The summed E-state index contributed by atoms with van der Waals surface area (Å²) in [6, 6.07) is 6.56. The molecule has 3 rings (SSSR count). The van der Waals surface area contributed by atoms with Crippen molar-refractivity contribution in [1.29, 1.82) is 0 Å². The molecular formula is C25H38N4O2S. The van der Waals surface area contributed by atoms with Gasteiger partial charge >= 0.3 is 0 Å². The van der Waals surface area contributed by atoms with Crippen LogP contribution in [0.3, 0.4) is 0 Å². The summed E-state index contributed by atoms with van der Waals surface area (Å²) in [6.07, 6.45) is 2.41. The number of piperazine rings is 1. The van der Waals surface area contributed by atoms with Gasteiger partial charge in [0.25, 0.3) is 0 Å². The van der Waals surface area contributed by atoms with E-state index < -0.39 is 10.0 Å². The largest absolute Gasteiger partial charge is 0.354 e. The Bertz CT molecular complexity index is 1040. The molecule has 0 spiro atoms. The zero-order valence-corrected chi connectivity index (χ0v) is 21.3. The molecule has 7 heteroatoms. The molecule has 6 nitrogen and oxygen atoms in total. The Hall–Kier alpha value is -1.99. The molecule has 1 saturated heterocycles. The van der Waals surface area contributed by atoms with E-state index in [1.165, 1.54) is 16.7 Å². The van der Waals surface area contributed by atoms with Gasteiger partial charge in [-0.25, -0.2) is 18.4 Å². The average molecular weight is 459 g/mol. The van der Waals surface area contributed by atoms with Gasteiger partial charge in [0.2, 0.25) is 10.0 Å². The minimum atomic E-state index is -3.17. The Kier molecular flexibility index (Phi) is 7.93. The highest BCUT2D eigenvalue weighted by Gasteiger charge is 2.29. The van der Waals surface area contributed by atoms with Gasteiger partial charge in [-0.05, 0) is 44.7 Å². The molecule has 1 fully saturated rings. The first-order chi connectivity index (χ1) is 15.2. The Morgan fingerprint density at radius 1 is 1.03 bits per heavy atom. The molecule has 0 saturated carbocycles. The lowest BCUT2D eigenvalue weighted by Crippen LogP contribution is -2.49. The van der Waals surface area contributed by atoms with E-state index in [-0.39, 0.29) is 11.7 Å². The Balaban J connectivity index is 1.96. The summed E-state index contributed by atoms with van der Waals surface area (Å²) in [6.45, 7) is 14.9. The second kappa shape index (κ2) is 10.3. The van der Waals surface area contributed by atoms with Gasteiger partial charge < -0.3 is 4.90 Å². The molecule has 1 aromatic carbocycles. The van der Waals surface area contributed by atoms with Gasteiger partial charge in [0, 0.05) is 49.8 Å². The molecule has 1 aromatic heterocycles. The number of anilines is 1. The van der Waals surface area contributed by atoms with E-state index in [0.717, 1.165) is 35.7 Å². The SMILES string of the molecule is CCCS(=O)(=O)N1CCN(c2nc(C(C)CC)nc(C)c2Cc2cc(C)ccc2C)CC1. The molecule has 0 N–H and O–H groups in total. The van der Waals surface area contributed by atoms with Gasteiger partial charge in [0.05, 0.1) is 5.75 Å². The molecule has 1 aliphatic heterocycles. The van der Waals surface area contributed by atoms with Gasteiger partial charge in [-0.1, -0.05) is 44.5 Å². The molecule has 0 amide bonds. The Morgan fingerprint density at radius 2 is 1.72 bits per heavy atom. The number of hydrogen-bond donors (Lipinski definition) is 0. The summed E-state index contributed by atoms with van der Waals surface area (Å²) in [7, 11) is -3.17. The maximum Gasteiger partial charge on any atom is 0.214 e. The van der Waals surface area contributed by atoms with Crippen LogP contribution in [-0.2, 0) is 16.4 Å². The molecule has 0 aliphatic carbocycles. The summed E-state index contributed by atoms with van der Waals surface area (Å²) in [5.74, 6) is 2.36. The first-order valence-electron chi connectivity index (χ1n) is 11.8. The second-order valence-electron chi connectivity index (χ2n) is 9.09. The van der Waals surface area contributed by atoms with Crippen LogP contribution >= 0.6 is 0 Å². The number of aromatic nitrogens is 2. The van der Waals surface area contributed by atoms with Crippen molar-refractivity contribution < 1.29 is 8.42 Å². The van der Waals surface area contributed by atoms with Crippen molar-refractivity contribution in [3.05, 3.63) is 52.0 Å². The highest BCUT2D eigenvalue weighted by molar-refractivity contribution is 7.89. The van der Waals surface area contributed by atoms with Gasteiger partial charge in [0.15, 0.2) is 0 Å². The molecule has 2 aromatic rings. The predicted molar refractivity (Wildman–Crippen MR) is 132 cm³/mol. The van der Waals surface area contributed by atoms with Gasteiger partial charge in [-0.15, -0.1) is 0 Å². The van der Waals surface area contributed by atoms with Crippen molar-refractivity contribution in [3.63, 3.8) is 0 Å². The molecule has 32 heavy (non-hydrogen) atoms. The zero-order valence-electron chi connectivity index (χ0n) is 20.5. The summed E-state index contributed by atoms with van der Waals surface area (Å²) >= 11 is 0. The average Bonchev–Trinajstić information content (AvgIpc) is 2.76. The first kappa shape index (κ1) is 24.6. The minimum absolute atomic E-state index is 0.218. The Morgan fingerprint density at radius 3 is 2.34 bits per heavy atom. The zero-order chi connectivity index (χ0) is 23.5. The summed E-state index contributed by atoms with van der Waals surface area (Å²) in [5.41, 5.74) is 5.97. The van der Waals surface area contributed by atoms with Crippen LogP contribution < -0.4 is 4.90 Å². The van der Waals surface area contributed by atoms with E-state index in [9.17, 15) is 8.42 Å². The number of rotatable bonds is 8. The summed E-state index contributed by atoms with van der Waals surface area (Å²) in [4.78, 5) is 12.2. The molecule has 1 atom stereocenters. The lowest BCUT2D eigenvalue weighted by molar-refractivity contribution is 0.383. The number of aryl methyl sites for hydroxylation is 3. The number of nitrogens with zero attached hydrogens (tertiary/aromatic N) is 4. The van der Waals surface area contributed by atoms with Gasteiger partial charge in [-0.3, -0.25) is 0 Å². The van der Waals surface area contributed by atoms with E-state index in [1.807, 2.05) is 6.92 Å². The summed E-state index contributed by atoms with van der Waals surface area (Å²) < 4.78 is 26.7. The maximum absolute atomic E-state index is 12.5. The second-order valence-corrected chi connectivity index (χ2v) is 11.2. The van der Waals surface area contributed by atoms with E-state index in [0.29, 0.717) is 32.6 Å². The maximum atomic E-state index is 12.5. The molecule has 1 aliphatic rings. The predicted octanol–water partition coefficient (Wildman–Crippen LogP) is 4.37. The van der Waals surface area contributed by atoms with Crippen LogP contribution in [0.5, 0.6) is 0 Å². The monoisotopic (exact) mass is 458 g/mol. The van der Waals surface area contributed by atoms with Crippen molar-refractivity contribution >= 4 is 15.8 Å². The molecular weight excluding hydrogens is 420 g/mol.